The molecule has 154 valence electrons. The minimum absolute atomic E-state index is 0.152. The Morgan fingerprint density at radius 2 is 1.63 bits per heavy atom. The maximum absolute atomic E-state index is 13.1. The number of rotatable bonds is 5. The van der Waals surface area contributed by atoms with Gasteiger partial charge in [0.15, 0.2) is 0 Å². The number of piperidine rings is 1. The molecule has 2 aromatic carbocycles. The maximum atomic E-state index is 13.1. The van der Waals surface area contributed by atoms with Gasteiger partial charge >= 0.3 is 0 Å². The summed E-state index contributed by atoms with van der Waals surface area (Å²) < 4.78 is 14.3. The largest absolute Gasteiger partial charge is 0.337 e. The number of amides is 1. The molecule has 4 rings (SSSR count). The molecule has 3 aromatic rings. The lowest BCUT2D eigenvalue weighted by Crippen LogP contribution is -2.40. The Morgan fingerprint density at radius 3 is 2.33 bits per heavy atom. The third kappa shape index (κ3) is 4.82. The summed E-state index contributed by atoms with van der Waals surface area (Å²) in [5, 5.41) is 4.27. The monoisotopic (exact) mass is 405 g/mol. The van der Waals surface area contributed by atoms with Crippen LogP contribution in [0.3, 0.4) is 0 Å². The van der Waals surface area contributed by atoms with E-state index < -0.39 is 0 Å². The van der Waals surface area contributed by atoms with Crippen molar-refractivity contribution in [2.24, 2.45) is 5.92 Å². The SMILES string of the molecule is O=C(c1ccc(=O)n(Cc2ccc(F)cc2)n1)N1CCC(Cc2ccccc2)CC1. The first-order valence-electron chi connectivity index (χ1n) is 10.2. The molecule has 1 aliphatic heterocycles. The van der Waals surface area contributed by atoms with Crippen molar-refractivity contribution in [1.29, 1.82) is 0 Å². The van der Waals surface area contributed by atoms with Gasteiger partial charge < -0.3 is 4.90 Å². The lowest BCUT2D eigenvalue weighted by molar-refractivity contribution is 0.0681. The van der Waals surface area contributed by atoms with Crippen LogP contribution >= 0.6 is 0 Å². The van der Waals surface area contributed by atoms with Crippen molar-refractivity contribution in [3.05, 3.63) is 99.7 Å². The summed E-state index contributed by atoms with van der Waals surface area (Å²) in [6.07, 6.45) is 2.94. The molecule has 0 spiro atoms. The second-order valence-corrected chi connectivity index (χ2v) is 7.77. The van der Waals surface area contributed by atoms with E-state index in [1.165, 1.54) is 34.5 Å². The Bertz CT molecular complexity index is 1060. The molecule has 0 atom stereocenters. The number of nitrogens with zero attached hydrogens (tertiary/aromatic N) is 3. The Balaban J connectivity index is 1.40. The fourth-order valence-electron chi connectivity index (χ4n) is 3.89. The summed E-state index contributed by atoms with van der Waals surface area (Å²) in [6, 6.07) is 19.2. The van der Waals surface area contributed by atoms with Gasteiger partial charge in [-0.15, -0.1) is 0 Å². The first kappa shape index (κ1) is 20.0. The average Bonchev–Trinajstić information content (AvgIpc) is 2.77. The van der Waals surface area contributed by atoms with Gasteiger partial charge in [0.25, 0.3) is 11.5 Å². The number of carbonyl (C=O) groups is 1. The fraction of sp³-hybridized carbons (Fsp3) is 0.292. The van der Waals surface area contributed by atoms with Crippen LogP contribution < -0.4 is 5.56 Å². The van der Waals surface area contributed by atoms with Gasteiger partial charge in [-0.1, -0.05) is 42.5 Å². The van der Waals surface area contributed by atoms with Gasteiger partial charge in [0.2, 0.25) is 0 Å². The van der Waals surface area contributed by atoms with Crippen LogP contribution in [0.2, 0.25) is 0 Å². The minimum Gasteiger partial charge on any atom is -0.337 e. The molecule has 0 aliphatic carbocycles. The summed E-state index contributed by atoms with van der Waals surface area (Å²) in [5.41, 5.74) is 2.05. The highest BCUT2D eigenvalue weighted by atomic mass is 19.1. The van der Waals surface area contributed by atoms with E-state index in [2.05, 4.69) is 29.4 Å². The zero-order valence-electron chi connectivity index (χ0n) is 16.7. The molecule has 1 fully saturated rings. The van der Waals surface area contributed by atoms with Crippen LogP contribution in [0.15, 0.2) is 71.5 Å². The van der Waals surface area contributed by atoms with Gasteiger partial charge in [-0.05, 0) is 54.5 Å². The second kappa shape index (κ2) is 9.03. The van der Waals surface area contributed by atoms with Gasteiger partial charge in [0.1, 0.15) is 11.5 Å². The Hall–Kier alpha value is -3.28. The molecule has 6 heteroatoms. The van der Waals surface area contributed by atoms with Crippen molar-refractivity contribution in [3.63, 3.8) is 0 Å². The highest BCUT2D eigenvalue weighted by Gasteiger charge is 2.25. The van der Waals surface area contributed by atoms with Crippen LogP contribution in [-0.2, 0) is 13.0 Å². The highest BCUT2D eigenvalue weighted by molar-refractivity contribution is 5.92. The van der Waals surface area contributed by atoms with Gasteiger partial charge in [-0.2, -0.15) is 5.10 Å². The molecule has 5 nitrogen and oxygen atoms in total. The van der Waals surface area contributed by atoms with Gasteiger partial charge in [0.05, 0.1) is 6.54 Å². The molecule has 0 saturated carbocycles. The van der Waals surface area contributed by atoms with Crippen LogP contribution in [0, 0.1) is 11.7 Å². The number of hydrogen-bond acceptors (Lipinski definition) is 3. The van der Waals surface area contributed by atoms with Gasteiger partial charge in [0, 0.05) is 19.2 Å². The number of hydrogen-bond donors (Lipinski definition) is 0. The molecule has 2 heterocycles. The Labute approximate surface area is 174 Å². The Kier molecular flexibility index (Phi) is 6.02. The molecule has 0 unspecified atom stereocenters. The summed E-state index contributed by atoms with van der Waals surface area (Å²) in [5.74, 6) is 0.0801. The zero-order chi connectivity index (χ0) is 20.9. The van der Waals surface area contributed by atoms with Crippen molar-refractivity contribution in [2.75, 3.05) is 13.1 Å². The summed E-state index contributed by atoms with van der Waals surface area (Å²) >= 11 is 0. The summed E-state index contributed by atoms with van der Waals surface area (Å²) in [4.78, 5) is 26.9. The molecular formula is C24H24FN3O2. The quantitative estimate of drug-likeness (QED) is 0.653. The van der Waals surface area contributed by atoms with Crippen molar-refractivity contribution in [1.82, 2.24) is 14.7 Å². The smallest absolute Gasteiger partial charge is 0.274 e. The van der Waals surface area contributed by atoms with Crippen molar-refractivity contribution in [2.45, 2.75) is 25.8 Å². The molecule has 1 saturated heterocycles. The third-order valence-corrected chi connectivity index (χ3v) is 5.60. The van der Waals surface area contributed by atoms with E-state index in [1.807, 2.05) is 11.0 Å². The lowest BCUT2D eigenvalue weighted by Gasteiger charge is -2.32. The van der Waals surface area contributed by atoms with E-state index >= 15 is 0 Å². The molecule has 0 N–H and O–H groups in total. The van der Waals surface area contributed by atoms with Crippen LogP contribution in [-0.4, -0.2) is 33.7 Å². The first-order valence-corrected chi connectivity index (χ1v) is 10.2. The standard InChI is InChI=1S/C24H24FN3O2/c25-21-8-6-20(7-9-21)17-28-23(29)11-10-22(26-28)24(30)27-14-12-19(13-15-27)16-18-4-2-1-3-5-18/h1-11,19H,12-17H2. The second-order valence-electron chi connectivity index (χ2n) is 7.77. The molecule has 1 aromatic heterocycles. The predicted molar refractivity (Wildman–Crippen MR) is 113 cm³/mol. The molecule has 0 radical (unpaired) electrons. The topological polar surface area (TPSA) is 55.2 Å². The summed E-state index contributed by atoms with van der Waals surface area (Å²) in [6.45, 7) is 1.57. The number of aromatic nitrogens is 2. The van der Waals surface area contributed by atoms with Crippen molar-refractivity contribution in [3.8, 4) is 0 Å². The number of benzene rings is 2. The number of likely N-dealkylation sites (tertiary alicyclic amines) is 1. The van der Waals surface area contributed by atoms with Crippen molar-refractivity contribution < 1.29 is 9.18 Å². The van der Waals surface area contributed by atoms with Gasteiger partial charge in [-0.25, -0.2) is 9.07 Å². The van der Waals surface area contributed by atoms with E-state index in [0.29, 0.717) is 19.0 Å². The summed E-state index contributed by atoms with van der Waals surface area (Å²) in [7, 11) is 0. The van der Waals surface area contributed by atoms with E-state index in [9.17, 15) is 14.0 Å². The van der Waals surface area contributed by atoms with Crippen LogP contribution in [0.4, 0.5) is 4.39 Å². The van der Waals surface area contributed by atoms with E-state index in [4.69, 9.17) is 0 Å². The van der Waals surface area contributed by atoms with E-state index in [-0.39, 0.29) is 29.5 Å². The molecule has 0 bridgehead atoms. The lowest BCUT2D eigenvalue weighted by atomic mass is 9.90. The van der Waals surface area contributed by atoms with Crippen molar-refractivity contribution >= 4 is 5.91 Å². The molecule has 1 aliphatic rings. The minimum atomic E-state index is -0.335. The van der Waals surface area contributed by atoms with Crippen LogP contribution in [0.25, 0.3) is 0 Å². The molecule has 30 heavy (non-hydrogen) atoms. The molecular weight excluding hydrogens is 381 g/mol. The highest BCUT2D eigenvalue weighted by Crippen LogP contribution is 2.22. The predicted octanol–water partition coefficient (Wildman–Crippen LogP) is 3.53. The van der Waals surface area contributed by atoms with Gasteiger partial charge in [-0.3, -0.25) is 9.59 Å². The Morgan fingerprint density at radius 1 is 0.933 bits per heavy atom. The van der Waals surface area contributed by atoms with E-state index in [0.717, 1.165) is 24.8 Å². The zero-order valence-corrected chi connectivity index (χ0v) is 16.7. The van der Waals surface area contributed by atoms with E-state index in [1.54, 1.807) is 12.1 Å². The number of carbonyl (C=O) groups excluding carboxylic acids is 1. The average molecular weight is 405 g/mol. The van der Waals surface area contributed by atoms with Crippen LogP contribution in [0.5, 0.6) is 0 Å². The first-order chi connectivity index (χ1) is 14.6. The van der Waals surface area contributed by atoms with Crippen LogP contribution in [0.1, 0.15) is 34.5 Å². The fourth-order valence-corrected chi connectivity index (χ4v) is 3.89. The normalized spacial score (nSPS) is 14.6. The molecule has 1 amide bonds. The maximum Gasteiger partial charge on any atom is 0.274 e. The number of halogens is 1. The third-order valence-electron chi connectivity index (χ3n) is 5.60.